The Morgan fingerprint density at radius 1 is 1.24 bits per heavy atom. The van der Waals surface area contributed by atoms with Crippen LogP contribution in [-0.4, -0.2) is 15.0 Å². The van der Waals surface area contributed by atoms with Crippen molar-refractivity contribution in [3.8, 4) is 0 Å². The lowest BCUT2D eigenvalue weighted by atomic mass is 10.5. The van der Waals surface area contributed by atoms with Crippen molar-refractivity contribution in [2.75, 3.05) is 11.5 Å². The zero-order chi connectivity index (χ0) is 12.4. The lowest BCUT2D eigenvalue weighted by molar-refractivity contribution is 1.05. The molecule has 88 valence electrons. The number of nitrogens with two attached hydrogens (primary N) is 2. The van der Waals surface area contributed by atoms with E-state index in [-0.39, 0.29) is 5.82 Å². The van der Waals surface area contributed by atoms with E-state index in [4.69, 9.17) is 23.1 Å². The van der Waals surface area contributed by atoms with Crippen LogP contribution in [0.3, 0.4) is 0 Å². The largest absolute Gasteiger partial charge is 0.382 e. The maximum absolute atomic E-state index is 6.02. The minimum Gasteiger partial charge on any atom is -0.382 e. The number of pyridine rings is 1. The summed E-state index contributed by atoms with van der Waals surface area (Å²) in [5.41, 5.74) is 11.3. The number of hydrogen-bond donors (Lipinski definition) is 2. The molecule has 0 atom stereocenters. The summed E-state index contributed by atoms with van der Waals surface area (Å²) in [7, 11) is 0. The van der Waals surface area contributed by atoms with Gasteiger partial charge >= 0.3 is 0 Å². The molecule has 0 amide bonds. The van der Waals surface area contributed by atoms with Crippen molar-refractivity contribution in [2.24, 2.45) is 0 Å². The predicted molar refractivity (Wildman–Crippen MR) is 71.9 cm³/mol. The smallest absolute Gasteiger partial charge is 0.157 e. The third-order valence-corrected chi connectivity index (χ3v) is 3.78. The summed E-state index contributed by atoms with van der Waals surface area (Å²) in [5.74, 6) is 0.608. The Labute approximate surface area is 115 Å². The summed E-state index contributed by atoms with van der Waals surface area (Å²) in [6, 6.07) is 1.74. The molecule has 0 unspecified atom stereocenters. The van der Waals surface area contributed by atoms with Gasteiger partial charge in [-0.3, -0.25) is 0 Å². The van der Waals surface area contributed by atoms with Crippen molar-refractivity contribution in [3.63, 3.8) is 0 Å². The molecule has 17 heavy (non-hydrogen) atoms. The topological polar surface area (TPSA) is 90.7 Å². The van der Waals surface area contributed by atoms with E-state index in [9.17, 15) is 0 Å². The number of hydrogen-bond acceptors (Lipinski definition) is 6. The van der Waals surface area contributed by atoms with Crippen LogP contribution in [-0.2, 0) is 0 Å². The Morgan fingerprint density at radius 3 is 2.71 bits per heavy atom. The van der Waals surface area contributed by atoms with Crippen LogP contribution in [0.5, 0.6) is 0 Å². The first-order valence-corrected chi connectivity index (χ1v) is 6.42. The van der Waals surface area contributed by atoms with Crippen LogP contribution < -0.4 is 11.5 Å². The van der Waals surface area contributed by atoms with Gasteiger partial charge in [0.2, 0.25) is 0 Å². The molecule has 0 aliphatic rings. The molecule has 0 aliphatic heterocycles. The highest BCUT2D eigenvalue weighted by Gasteiger charge is 2.10. The predicted octanol–water partition coefficient (Wildman–Crippen LogP) is 2.60. The van der Waals surface area contributed by atoms with Crippen LogP contribution in [0.2, 0.25) is 5.02 Å². The molecule has 0 radical (unpaired) electrons. The molecule has 2 aromatic heterocycles. The molecule has 0 fully saturated rings. The molecule has 0 spiro atoms. The number of rotatable bonds is 2. The quantitative estimate of drug-likeness (QED) is 0.878. The number of nitrogens with zero attached hydrogens (tertiary/aromatic N) is 3. The van der Waals surface area contributed by atoms with Gasteiger partial charge in [-0.25, -0.2) is 15.0 Å². The van der Waals surface area contributed by atoms with Gasteiger partial charge in [-0.2, -0.15) is 0 Å². The van der Waals surface area contributed by atoms with Crippen molar-refractivity contribution in [2.45, 2.75) is 9.92 Å². The number of aromatic nitrogens is 3. The van der Waals surface area contributed by atoms with E-state index in [0.717, 1.165) is 4.90 Å². The number of anilines is 2. The van der Waals surface area contributed by atoms with Gasteiger partial charge in [0, 0.05) is 11.1 Å². The van der Waals surface area contributed by atoms with Crippen LogP contribution in [0.4, 0.5) is 11.6 Å². The standard InChI is InChI=1S/C9H7BrClN5S/c10-5-3-15-9(8(13)16-5)17-4-1-2-14-7(12)6(4)11/h1-3H,(H2,12,14)(H2,13,16). The fourth-order valence-corrected chi connectivity index (χ4v) is 2.38. The van der Waals surface area contributed by atoms with Crippen molar-refractivity contribution < 1.29 is 0 Å². The van der Waals surface area contributed by atoms with Gasteiger partial charge in [0.05, 0.1) is 11.2 Å². The average molecular weight is 333 g/mol. The fourth-order valence-electron chi connectivity index (χ4n) is 1.07. The lowest BCUT2D eigenvalue weighted by Crippen LogP contribution is -1.97. The minimum atomic E-state index is 0.278. The van der Waals surface area contributed by atoms with Gasteiger partial charge < -0.3 is 11.5 Å². The Kier molecular flexibility index (Phi) is 3.70. The van der Waals surface area contributed by atoms with Gasteiger partial charge in [0.15, 0.2) is 5.82 Å². The Balaban J connectivity index is 2.35. The molecule has 4 N–H and O–H groups in total. The zero-order valence-electron chi connectivity index (χ0n) is 8.39. The minimum absolute atomic E-state index is 0.278. The Morgan fingerprint density at radius 2 is 2.00 bits per heavy atom. The first kappa shape index (κ1) is 12.4. The van der Waals surface area contributed by atoms with Gasteiger partial charge in [-0.05, 0) is 22.0 Å². The second kappa shape index (κ2) is 5.07. The SMILES string of the molecule is Nc1nc(Br)cnc1Sc1ccnc(N)c1Cl. The summed E-state index contributed by atoms with van der Waals surface area (Å²) in [6.45, 7) is 0. The van der Waals surface area contributed by atoms with Crippen molar-refractivity contribution in [1.29, 1.82) is 0 Å². The zero-order valence-corrected chi connectivity index (χ0v) is 11.6. The molecule has 2 heterocycles. The molecule has 0 aliphatic carbocycles. The van der Waals surface area contributed by atoms with Crippen LogP contribution in [0, 0.1) is 0 Å². The molecule has 2 rings (SSSR count). The highest BCUT2D eigenvalue weighted by Crippen LogP contribution is 2.36. The maximum Gasteiger partial charge on any atom is 0.157 e. The average Bonchev–Trinajstić information content (AvgIpc) is 2.28. The van der Waals surface area contributed by atoms with Crippen molar-refractivity contribution in [3.05, 3.63) is 28.1 Å². The highest BCUT2D eigenvalue weighted by atomic mass is 79.9. The Hall–Kier alpha value is -1.05. The molecule has 0 saturated heterocycles. The van der Waals surface area contributed by atoms with Crippen molar-refractivity contribution >= 4 is 50.9 Å². The van der Waals surface area contributed by atoms with Gasteiger partial charge in [0.25, 0.3) is 0 Å². The van der Waals surface area contributed by atoms with Gasteiger partial charge in [0.1, 0.15) is 15.4 Å². The van der Waals surface area contributed by atoms with E-state index in [1.807, 2.05) is 0 Å². The third-order valence-electron chi connectivity index (χ3n) is 1.82. The van der Waals surface area contributed by atoms with E-state index in [2.05, 4.69) is 30.9 Å². The Bertz CT molecular complexity index is 565. The maximum atomic E-state index is 6.02. The van der Waals surface area contributed by atoms with E-state index >= 15 is 0 Å². The second-order valence-electron chi connectivity index (χ2n) is 2.99. The highest BCUT2D eigenvalue weighted by molar-refractivity contribution is 9.10. The lowest BCUT2D eigenvalue weighted by Gasteiger charge is -2.06. The summed E-state index contributed by atoms with van der Waals surface area (Å²) in [6.07, 6.45) is 3.14. The molecular weight excluding hydrogens is 326 g/mol. The third kappa shape index (κ3) is 2.80. The van der Waals surface area contributed by atoms with E-state index in [1.165, 1.54) is 11.8 Å². The van der Waals surface area contributed by atoms with Crippen LogP contribution >= 0.6 is 39.3 Å². The molecule has 0 bridgehead atoms. The molecule has 0 saturated carbocycles. The number of halogens is 2. The van der Waals surface area contributed by atoms with Gasteiger partial charge in [-0.15, -0.1) is 0 Å². The molecule has 8 heteroatoms. The normalized spacial score (nSPS) is 10.5. The second-order valence-corrected chi connectivity index (χ2v) is 5.21. The molecular formula is C9H7BrClN5S. The summed E-state index contributed by atoms with van der Waals surface area (Å²) in [5, 5.41) is 0.960. The van der Waals surface area contributed by atoms with Gasteiger partial charge in [-0.1, -0.05) is 23.4 Å². The monoisotopic (exact) mass is 331 g/mol. The first-order chi connectivity index (χ1) is 8.08. The molecule has 5 nitrogen and oxygen atoms in total. The van der Waals surface area contributed by atoms with Crippen LogP contribution in [0.25, 0.3) is 0 Å². The molecule has 0 aromatic carbocycles. The summed E-state index contributed by atoms with van der Waals surface area (Å²) in [4.78, 5) is 12.8. The summed E-state index contributed by atoms with van der Waals surface area (Å²) >= 11 is 10.5. The summed E-state index contributed by atoms with van der Waals surface area (Å²) < 4.78 is 0.583. The number of nitrogen functional groups attached to an aromatic ring is 2. The van der Waals surface area contributed by atoms with Crippen molar-refractivity contribution in [1.82, 2.24) is 15.0 Å². The van der Waals surface area contributed by atoms with E-state index in [0.29, 0.717) is 20.5 Å². The van der Waals surface area contributed by atoms with E-state index < -0.39 is 0 Å². The first-order valence-electron chi connectivity index (χ1n) is 4.44. The van der Waals surface area contributed by atoms with Crippen LogP contribution in [0.1, 0.15) is 0 Å². The van der Waals surface area contributed by atoms with Crippen LogP contribution in [0.15, 0.2) is 33.0 Å². The fraction of sp³-hybridized carbons (Fsp3) is 0. The molecule has 2 aromatic rings. The van der Waals surface area contributed by atoms with E-state index in [1.54, 1.807) is 18.5 Å².